The van der Waals surface area contributed by atoms with Gasteiger partial charge in [0.15, 0.2) is 0 Å². The molecule has 0 spiro atoms. The Kier molecular flexibility index (Phi) is 7.61. The van der Waals surface area contributed by atoms with Crippen LogP contribution in [0.4, 0.5) is 4.39 Å². The van der Waals surface area contributed by atoms with Crippen molar-refractivity contribution in [2.24, 2.45) is 0 Å². The Morgan fingerprint density at radius 3 is 2.22 bits per heavy atom. The first kappa shape index (κ1) is 23.4. The van der Waals surface area contributed by atoms with E-state index in [9.17, 15) is 17.6 Å². The third-order valence-corrected chi connectivity index (χ3v) is 6.46. The number of carbonyl (C=O) groups excluding carboxylic acids is 1. The van der Waals surface area contributed by atoms with E-state index in [1.165, 1.54) is 23.1 Å². The van der Waals surface area contributed by atoms with Crippen LogP contribution in [0.25, 0.3) is 0 Å². The molecule has 1 atom stereocenters. The zero-order chi connectivity index (χ0) is 23.1. The highest BCUT2D eigenvalue weighted by Gasteiger charge is 2.29. The van der Waals surface area contributed by atoms with Crippen LogP contribution in [-0.2, 0) is 27.8 Å². The molecule has 0 fully saturated rings. The van der Waals surface area contributed by atoms with Gasteiger partial charge in [0.05, 0.1) is 7.11 Å². The predicted molar refractivity (Wildman–Crippen MR) is 120 cm³/mol. The van der Waals surface area contributed by atoms with E-state index in [0.717, 1.165) is 17.2 Å². The van der Waals surface area contributed by atoms with Crippen LogP contribution in [0.15, 0.2) is 83.8 Å². The Balaban J connectivity index is 1.84. The van der Waals surface area contributed by atoms with Gasteiger partial charge in [-0.05, 0) is 41.8 Å². The monoisotopic (exact) mass is 456 g/mol. The molecule has 0 heterocycles. The molecule has 1 amide bonds. The second-order valence-corrected chi connectivity index (χ2v) is 9.02. The van der Waals surface area contributed by atoms with Gasteiger partial charge >= 0.3 is 0 Å². The third-order valence-electron chi connectivity index (χ3n) is 4.96. The van der Waals surface area contributed by atoms with Gasteiger partial charge in [0.1, 0.15) is 22.5 Å². The summed E-state index contributed by atoms with van der Waals surface area (Å²) in [5.41, 5.74) is 1.64. The number of hydrogen-bond donors (Lipinski definition) is 1. The third kappa shape index (κ3) is 5.93. The number of rotatable bonds is 9. The van der Waals surface area contributed by atoms with E-state index < -0.39 is 32.7 Å². The lowest BCUT2D eigenvalue weighted by Gasteiger charge is -2.25. The fraction of sp³-hybridized carbons (Fsp3) is 0.208. The van der Waals surface area contributed by atoms with E-state index in [-0.39, 0.29) is 13.0 Å². The summed E-state index contributed by atoms with van der Waals surface area (Å²) in [6, 6.07) is 20.3. The molecule has 0 aromatic heterocycles. The standard InChI is InChI=1S/C24H25FN2O4S/c1-27(17-19-12-14-20(31-2)15-13-19)24(28)22(16-18-8-4-3-5-9-18)26-32(29,30)23-11-7-6-10-21(23)25/h3-15,22,26H,16-17H2,1-2H3/t22-/m0/s1. The van der Waals surface area contributed by atoms with Gasteiger partial charge in [0, 0.05) is 13.6 Å². The van der Waals surface area contributed by atoms with Crippen molar-refractivity contribution >= 4 is 15.9 Å². The summed E-state index contributed by atoms with van der Waals surface area (Å²) in [6.45, 7) is 0.273. The SMILES string of the molecule is COc1ccc(CN(C)C(=O)[C@H](Cc2ccccc2)NS(=O)(=O)c2ccccc2F)cc1. The van der Waals surface area contributed by atoms with E-state index in [4.69, 9.17) is 4.74 Å². The maximum atomic E-state index is 14.1. The van der Waals surface area contributed by atoms with Crippen molar-refractivity contribution in [3.05, 3.63) is 95.8 Å². The topological polar surface area (TPSA) is 75.7 Å². The van der Waals surface area contributed by atoms with Gasteiger partial charge in [0.25, 0.3) is 0 Å². The minimum absolute atomic E-state index is 0.125. The van der Waals surface area contributed by atoms with Crippen LogP contribution < -0.4 is 9.46 Å². The summed E-state index contributed by atoms with van der Waals surface area (Å²) in [4.78, 5) is 14.2. The fourth-order valence-corrected chi connectivity index (χ4v) is 4.56. The molecule has 168 valence electrons. The molecule has 0 radical (unpaired) electrons. The van der Waals surface area contributed by atoms with Crippen LogP contribution in [0, 0.1) is 5.82 Å². The van der Waals surface area contributed by atoms with Gasteiger partial charge in [-0.1, -0.05) is 54.6 Å². The molecule has 0 saturated carbocycles. The van der Waals surface area contributed by atoms with E-state index in [2.05, 4.69) is 4.72 Å². The van der Waals surface area contributed by atoms with Crippen molar-refractivity contribution < 1.29 is 22.3 Å². The highest BCUT2D eigenvalue weighted by molar-refractivity contribution is 7.89. The number of methoxy groups -OCH3 is 1. The molecule has 3 aromatic carbocycles. The molecule has 8 heteroatoms. The van der Waals surface area contributed by atoms with Crippen LogP contribution in [0.1, 0.15) is 11.1 Å². The van der Waals surface area contributed by atoms with Crippen molar-refractivity contribution in [2.45, 2.75) is 23.9 Å². The van der Waals surface area contributed by atoms with Crippen molar-refractivity contribution in [1.82, 2.24) is 9.62 Å². The molecule has 1 N–H and O–H groups in total. The molecule has 0 unspecified atom stereocenters. The molecule has 0 saturated heterocycles. The Hall–Kier alpha value is -3.23. The molecule has 0 bridgehead atoms. The van der Waals surface area contributed by atoms with Gasteiger partial charge < -0.3 is 9.64 Å². The van der Waals surface area contributed by atoms with E-state index in [1.54, 1.807) is 38.4 Å². The van der Waals surface area contributed by atoms with Gasteiger partial charge in [-0.25, -0.2) is 12.8 Å². The number of likely N-dealkylation sites (N-methyl/N-ethyl adjacent to an activating group) is 1. The highest BCUT2D eigenvalue weighted by atomic mass is 32.2. The number of nitrogens with one attached hydrogen (secondary N) is 1. The number of sulfonamides is 1. The molecule has 3 aromatic rings. The summed E-state index contributed by atoms with van der Waals surface area (Å²) < 4.78 is 47.4. The van der Waals surface area contributed by atoms with Crippen LogP contribution in [-0.4, -0.2) is 39.4 Å². The first-order valence-electron chi connectivity index (χ1n) is 9.99. The average Bonchev–Trinajstić information content (AvgIpc) is 2.79. The van der Waals surface area contributed by atoms with Crippen molar-refractivity contribution in [1.29, 1.82) is 0 Å². The predicted octanol–water partition coefficient (Wildman–Crippen LogP) is 3.38. The number of carbonyl (C=O) groups is 1. The molecular weight excluding hydrogens is 431 g/mol. The van der Waals surface area contributed by atoms with Crippen molar-refractivity contribution in [2.75, 3.05) is 14.2 Å². The van der Waals surface area contributed by atoms with Crippen molar-refractivity contribution in [3.63, 3.8) is 0 Å². The zero-order valence-corrected chi connectivity index (χ0v) is 18.7. The summed E-state index contributed by atoms with van der Waals surface area (Å²) in [6.07, 6.45) is 0.125. The first-order chi connectivity index (χ1) is 15.3. The van der Waals surface area contributed by atoms with Gasteiger partial charge in [-0.3, -0.25) is 4.79 Å². The smallest absolute Gasteiger partial charge is 0.244 e. The largest absolute Gasteiger partial charge is 0.497 e. The molecule has 32 heavy (non-hydrogen) atoms. The van der Waals surface area contributed by atoms with E-state index >= 15 is 0 Å². The zero-order valence-electron chi connectivity index (χ0n) is 17.9. The van der Waals surface area contributed by atoms with E-state index in [1.807, 2.05) is 30.3 Å². The maximum absolute atomic E-state index is 14.1. The lowest BCUT2D eigenvalue weighted by atomic mass is 10.1. The molecule has 6 nitrogen and oxygen atoms in total. The lowest BCUT2D eigenvalue weighted by molar-refractivity contribution is -0.132. The molecular formula is C24H25FN2O4S. The second-order valence-electron chi connectivity index (χ2n) is 7.34. The van der Waals surface area contributed by atoms with Crippen LogP contribution in [0.5, 0.6) is 5.75 Å². The Morgan fingerprint density at radius 1 is 0.969 bits per heavy atom. The van der Waals surface area contributed by atoms with Crippen LogP contribution >= 0.6 is 0 Å². The van der Waals surface area contributed by atoms with Crippen molar-refractivity contribution in [3.8, 4) is 5.75 Å². The maximum Gasteiger partial charge on any atom is 0.244 e. The van der Waals surface area contributed by atoms with Gasteiger partial charge in [-0.2, -0.15) is 4.72 Å². The Morgan fingerprint density at radius 2 is 1.59 bits per heavy atom. The lowest BCUT2D eigenvalue weighted by Crippen LogP contribution is -2.48. The number of benzene rings is 3. The highest BCUT2D eigenvalue weighted by Crippen LogP contribution is 2.17. The van der Waals surface area contributed by atoms with Crippen LogP contribution in [0.2, 0.25) is 0 Å². The van der Waals surface area contributed by atoms with E-state index in [0.29, 0.717) is 5.75 Å². The Labute approximate surface area is 187 Å². The Bertz CT molecular complexity index is 1150. The molecule has 3 rings (SSSR count). The summed E-state index contributed by atoms with van der Waals surface area (Å²) in [5.74, 6) is -0.607. The normalized spacial score (nSPS) is 12.2. The number of ether oxygens (including phenoxy) is 1. The minimum Gasteiger partial charge on any atom is -0.497 e. The number of hydrogen-bond acceptors (Lipinski definition) is 4. The summed E-state index contributed by atoms with van der Waals surface area (Å²) in [7, 11) is -1.09. The minimum atomic E-state index is -4.26. The molecule has 0 aliphatic carbocycles. The molecule has 0 aliphatic rings. The number of amides is 1. The quantitative estimate of drug-likeness (QED) is 0.536. The fourth-order valence-electron chi connectivity index (χ4n) is 3.29. The number of nitrogens with zero attached hydrogens (tertiary/aromatic N) is 1. The first-order valence-corrected chi connectivity index (χ1v) is 11.5. The van der Waals surface area contributed by atoms with Gasteiger partial charge in [0.2, 0.25) is 15.9 Å². The number of halogens is 1. The van der Waals surface area contributed by atoms with Crippen LogP contribution in [0.3, 0.4) is 0 Å². The summed E-state index contributed by atoms with van der Waals surface area (Å²) >= 11 is 0. The average molecular weight is 457 g/mol. The molecule has 0 aliphatic heterocycles. The second kappa shape index (κ2) is 10.4. The summed E-state index contributed by atoms with van der Waals surface area (Å²) in [5, 5.41) is 0. The van der Waals surface area contributed by atoms with Gasteiger partial charge in [-0.15, -0.1) is 0 Å².